The van der Waals surface area contributed by atoms with Crippen molar-refractivity contribution in [2.24, 2.45) is 0 Å². The zero-order valence-electron chi connectivity index (χ0n) is 21.9. The Morgan fingerprint density at radius 1 is 0.919 bits per heavy atom. The predicted molar refractivity (Wildman–Crippen MR) is 126 cm³/mol. The van der Waals surface area contributed by atoms with E-state index in [9.17, 15) is 27.2 Å². The van der Waals surface area contributed by atoms with Crippen LogP contribution in [0.1, 0.15) is 85.8 Å². The molecule has 3 rings (SSSR count). The monoisotopic (exact) mass is 533 g/mol. The van der Waals surface area contributed by atoms with E-state index in [-0.39, 0.29) is 25.7 Å². The van der Waals surface area contributed by atoms with Crippen LogP contribution in [0.2, 0.25) is 0 Å². The molecule has 1 heterocycles. The van der Waals surface area contributed by atoms with Gasteiger partial charge in [0, 0.05) is 25.7 Å². The fourth-order valence-corrected chi connectivity index (χ4v) is 4.11. The minimum atomic E-state index is -2.84. The standard InChI is InChI=1S/C12H18F2N4O2.C12H17F2NO2/c1-10(2,3)20-9(19)16-11(8-6-15-18-17-8)4-5-12(13,14)7-11;1-5-11(6-7-12(13,14)8-11)15-9(16)17-10(2,3)4/h6H,4-5,7H2,1-3H3,(H,16,19)(H,15,17,18);1H,6-8H2,2-4H3,(H,15,16). The molecule has 2 unspecified atom stereocenters. The van der Waals surface area contributed by atoms with E-state index in [0.717, 1.165) is 0 Å². The van der Waals surface area contributed by atoms with E-state index in [1.165, 1.54) is 6.20 Å². The third kappa shape index (κ3) is 9.09. The number of amides is 2. The van der Waals surface area contributed by atoms with Gasteiger partial charge in [0.05, 0.1) is 11.7 Å². The second-order valence-electron chi connectivity index (χ2n) is 11.5. The molecule has 9 nitrogen and oxygen atoms in total. The number of aromatic nitrogens is 3. The summed E-state index contributed by atoms with van der Waals surface area (Å²) in [5.74, 6) is -3.40. The van der Waals surface area contributed by atoms with Crippen LogP contribution >= 0.6 is 0 Å². The first-order valence-corrected chi connectivity index (χ1v) is 11.8. The molecule has 2 saturated carbocycles. The maximum Gasteiger partial charge on any atom is 0.408 e. The molecule has 0 aromatic carbocycles. The van der Waals surface area contributed by atoms with E-state index in [0.29, 0.717) is 5.69 Å². The number of rotatable bonds is 3. The topological polar surface area (TPSA) is 118 Å². The summed E-state index contributed by atoms with van der Waals surface area (Å²) >= 11 is 0. The van der Waals surface area contributed by atoms with E-state index in [2.05, 4.69) is 32.0 Å². The summed E-state index contributed by atoms with van der Waals surface area (Å²) in [4.78, 5) is 23.4. The number of alkyl halides is 4. The van der Waals surface area contributed by atoms with Crippen LogP contribution < -0.4 is 10.6 Å². The van der Waals surface area contributed by atoms with Crippen LogP contribution in [0, 0.1) is 12.3 Å². The molecule has 2 aliphatic rings. The Morgan fingerprint density at radius 3 is 1.81 bits per heavy atom. The Labute approximate surface area is 213 Å². The summed E-state index contributed by atoms with van der Waals surface area (Å²) in [6, 6.07) is 0. The van der Waals surface area contributed by atoms with Gasteiger partial charge in [-0.1, -0.05) is 5.92 Å². The van der Waals surface area contributed by atoms with Gasteiger partial charge in [0.2, 0.25) is 0 Å². The molecule has 0 radical (unpaired) electrons. The van der Waals surface area contributed by atoms with Crippen molar-refractivity contribution >= 4 is 12.2 Å². The lowest BCUT2D eigenvalue weighted by molar-refractivity contribution is -0.00210. The van der Waals surface area contributed by atoms with E-state index in [1.54, 1.807) is 41.5 Å². The number of aromatic amines is 1. The Balaban J connectivity index is 0.000000264. The normalized spacial score (nSPS) is 26.3. The molecule has 13 heteroatoms. The van der Waals surface area contributed by atoms with Gasteiger partial charge in [-0.3, -0.25) is 0 Å². The molecular weight excluding hydrogens is 498 g/mol. The zero-order valence-corrected chi connectivity index (χ0v) is 21.9. The van der Waals surface area contributed by atoms with Crippen molar-refractivity contribution in [3.63, 3.8) is 0 Å². The lowest BCUT2D eigenvalue weighted by Crippen LogP contribution is -2.48. The van der Waals surface area contributed by atoms with Crippen LogP contribution in [0.5, 0.6) is 0 Å². The molecule has 1 aromatic heterocycles. The smallest absolute Gasteiger partial charge is 0.408 e. The number of alkyl carbamates (subject to hydrolysis) is 2. The van der Waals surface area contributed by atoms with E-state index in [4.69, 9.17) is 15.9 Å². The Bertz CT molecular complexity index is 998. The molecule has 2 aliphatic carbocycles. The van der Waals surface area contributed by atoms with Crippen molar-refractivity contribution in [1.82, 2.24) is 26.0 Å². The first-order chi connectivity index (χ1) is 16.7. The number of terminal acetylenes is 1. The minimum absolute atomic E-state index is 0.0652. The Kier molecular flexibility index (Phi) is 8.47. The number of hydrogen-bond acceptors (Lipinski definition) is 6. The van der Waals surface area contributed by atoms with Crippen molar-refractivity contribution in [2.45, 2.75) is 114 Å². The average molecular weight is 534 g/mol. The van der Waals surface area contributed by atoms with Crippen LogP contribution in [0.25, 0.3) is 0 Å². The molecule has 2 amide bonds. The second kappa shape index (κ2) is 10.4. The summed E-state index contributed by atoms with van der Waals surface area (Å²) in [6.07, 6.45) is 3.59. The summed E-state index contributed by atoms with van der Waals surface area (Å²) < 4.78 is 63.5. The summed E-state index contributed by atoms with van der Waals surface area (Å²) in [5.41, 5.74) is -3.61. The van der Waals surface area contributed by atoms with Gasteiger partial charge in [0.15, 0.2) is 0 Å². The van der Waals surface area contributed by atoms with Gasteiger partial charge in [-0.05, 0) is 54.4 Å². The lowest BCUT2D eigenvalue weighted by atomic mass is 9.94. The van der Waals surface area contributed by atoms with Crippen molar-refractivity contribution in [3.05, 3.63) is 11.9 Å². The number of ether oxygens (including phenoxy) is 2. The highest BCUT2D eigenvalue weighted by molar-refractivity contribution is 5.70. The molecule has 0 saturated heterocycles. The molecule has 208 valence electrons. The first-order valence-electron chi connectivity index (χ1n) is 11.8. The third-order valence-electron chi connectivity index (χ3n) is 5.62. The fraction of sp³-hybridized carbons (Fsp3) is 0.750. The average Bonchev–Trinajstić information content (AvgIpc) is 3.38. The summed E-state index contributed by atoms with van der Waals surface area (Å²) in [7, 11) is 0. The van der Waals surface area contributed by atoms with Crippen LogP contribution in [0.4, 0.5) is 27.2 Å². The quantitative estimate of drug-likeness (QED) is 0.370. The van der Waals surface area contributed by atoms with E-state index in [1.807, 2.05) is 0 Å². The number of H-pyrrole nitrogens is 1. The molecule has 1 aromatic rings. The van der Waals surface area contributed by atoms with Crippen LogP contribution in [-0.2, 0) is 15.0 Å². The number of hydrogen-bond donors (Lipinski definition) is 3. The van der Waals surface area contributed by atoms with Crippen molar-refractivity contribution in [1.29, 1.82) is 0 Å². The number of carbonyl (C=O) groups excluding carboxylic acids is 2. The number of nitrogens with zero attached hydrogens (tertiary/aromatic N) is 2. The molecule has 0 bridgehead atoms. The third-order valence-corrected chi connectivity index (χ3v) is 5.62. The van der Waals surface area contributed by atoms with Gasteiger partial charge in [0.25, 0.3) is 11.8 Å². The highest BCUT2D eigenvalue weighted by Gasteiger charge is 2.53. The zero-order chi connectivity index (χ0) is 28.3. The van der Waals surface area contributed by atoms with Gasteiger partial charge >= 0.3 is 12.2 Å². The van der Waals surface area contributed by atoms with Gasteiger partial charge in [0.1, 0.15) is 22.4 Å². The van der Waals surface area contributed by atoms with Gasteiger partial charge in [-0.15, -0.1) is 6.42 Å². The van der Waals surface area contributed by atoms with Gasteiger partial charge in [-0.25, -0.2) is 27.2 Å². The highest BCUT2D eigenvalue weighted by Crippen LogP contribution is 2.46. The van der Waals surface area contributed by atoms with Crippen molar-refractivity contribution in [3.8, 4) is 12.3 Å². The number of nitrogens with one attached hydrogen (secondary N) is 3. The first kappa shape index (κ1) is 30.2. The SMILES string of the molecule is C#CC1(NC(=O)OC(C)(C)C)CCC(F)(F)C1.CC(C)(C)OC(=O)NC1(c2cn[nH]n2)CCC(F)(F)C1. The van der Waals surface area contributed by atoms with Crippen LogP contribution in [0.3, 0.4) is 0 Å². The molecule has 2 atom stereocenters. The van der Waals surface area contributed by atoms with Crippen LogP contribution in [-0.4, -0.2) is 56.2 Å². The molecule has 2 fully saturated rings. The molecular formula is C24H35F4N5O4. The van der Waals surface area contributed by atoms with E-state index < -0.39 is 59.2 Å². The maximum absolute atomic E-state index is 13.6. The van der Waals surface area contributed by atoms with Crippen molar-refractivity contribution < 1.29 is 36.6 Å². The van der Waals surface area contributed by atoms with Gasteiger partial charge in [-0.2, -0.15) is 15.4 Å². The maximum atomic E-state index is 13.6. The second-order valence-corrected chi connectivity index (χ2v) is 11.5. The number of carbonyl (C=O) groups is 2. The molecule has 0 aliphatic heterocycles. The molecule has 0 spiro atoms. The summed E-state index contributed by atoms with van der Waals surface area (Å²) in [5, 5.41) is 14.8. The lowest BCUT2D eigenvalue weighted by Gasteiger charge is -2.30. The molecule has 37 heavy (non-hydrogen) atoms. The van der Waals surface area contributed by atoms with E-state index >= 15 is 0 Å². The summed E-state index contributed by atoms with van der Waals surface area (Å²) in [6.45, 7) is 10.2. The Morgan fingerprint density at radius 2 is 1.43 bits per heavy atom. The Hall–Kier alpha value is -3.04. The predicted octanol–water partition coefficient (Wildman–Crippen LogP) is 5.05. The highest BCUT2D eigenvalue weighted by atomic mass is 19.3. The minimum Gasteiger partial charge on any atom is -0.444 e. The fourth-order valence-electron chi connectivity index (χ4n) is 4.11. The number of halogens is 4. The van der Waals surface area contributed by atoms with Gasteiger partial charge < -0.3 is 20.1 Å². The van der Waals surface area contributed by atoms with Crippen LogP contribution in [0.15, 0.2) is 6.20 Å². The van der Waals surface area contributed by atoms with Crippen molar-refractivity contribution in [2.75, 3.05) is 0 Å². The largest absolute Gasteiger partial charge is 0.444 e. The molecule has 3 N–H and O–H groups in total.